The van der Waals surface area contributed by atoms with Gasteiger partial charge in [0.15, 0.2) is 0 Å². The number of nitrogens with one attached hydrogen (secondary N) is 1. The average Bonchev–Trinajstić information content (AvgIpc) is 3.14. The number of pyridine rings is 1. The molecule has 0 bridgehead atoms. The van der Waals surface area contributed by atoms with E-state index in [1.165, 1.54) is 22.3 Å². The van der Waals surface area contributed by atoms with E-state index in [9.17, 15) is 0 Å². The van der Waals surface area contributed by atoms with Gasteiger partial charge in [0.1, 0.15) is 5.82 Å². The van der Waals surface area contributed by atoms with Crippen molar-refractivity contribution in [2.75, 3.05) is 11.9 Å². The third-order valence-electron chi connectivity index (χ3n) is 4.14. The van der Waals surface area contributed by atoms with Crippen LogP contribution in [0.1, 0.15) is 23.5 Å². The van der Waals surface area contributed by atoms with Crippen LogP contribution in [0.25, 0.3) is 5.57 Å². The summed E-state index contributed by atoms with van der Waals surface area (Å²) in [5.41, 5.74) is 5.47. The van der Waals surface area contributed by atoms with Crippen LogP contribution in [-0.4, -0.2) is 11.5 Å². The quantitative estimate of drug-likeness (QED) is 0.882. The van der Waals surface area contributed by atoms with Gasteiger partial charge < -0.3 is 5.32 Å². The number of allylic oxidation sites excluding steroid dienone is 3. The molecule has 1 aliphatic heterocycles. The first-order valence-electron chi connectivity index (χ1n) is 7.06. The Bertz CT molecular complexity index is 698. The molecule has 20 heavy (non-hydrogen) atoms. The van der Waals surface area contributed by atoms with Crippen LogP contribution in [0.15, 0.2) is 66.4 Å². The second-order valence-electron chi connectivity index (χ2n) is 5.32. The zero-order valence-corrected chi connectivity index (χ0v) is 11.2. The van der Waals surface area contributed by atoms with E-state index in [1.807, 2.05) is 12.3 Å². The van der Waals surface area contributed by atoms with E-state index in [0.717, 1.165) is 18.8 Å². The lowest BCUT2D eigenvalue weighted by Gasteiger charge is -2.10. The van der Waals surface area contributed by atoms with Gasteiger partial charge in [-0.3, -0.25) is 0 Å². The SMILES string of the molecule is C1=C(c2ccccc2)C=C(C2CNc3ncccc32)C1. The molecule has 0 fully saturated rings. The Balaban J connectivity index is 1.64. The molecule has 4 rings (SSSR count). The van der Waals surface area contributed by atoms with E-state index in [2.05, 4.69) is 58.9 Å². The lowest BCUT2D eigenvalue weighted by atomic mass is 9.93. The molecule has 1 aliphatic carbocycles. The number of nitrogens with zero attached hydrogens (tertiary/aromatic N) is 1. The predicted octanol–water partition coefficient (Wildman–Crippen LogP) is 4.00. The fourth-order valence-corrected chi connectivity index (χ4v) is 3.11. The van der Waals surface area contributed by atoms with E-state index in [0.29, 0.717) is 5.92 Å². The lowest BCUT2D eigenvalue weighted by molar-refractivity contribution is 0.859. The topological polar surface area (TPSA) is 24.9 Å². The van der Waals surface area contributed by atoms with Crippen molar-refractivity contribution in [3.8, 4) is 0 Å². The molecule has 1 unspecified atom stereocenters. The Morgan fingerprint density at radius 1 is 1.05 bits per heavy atom. The monoisotopic (exact) mass is 260 g/mol. The summed E-state index contributed by atoms with van der Waals surface area (Å²) >= 11 is 0. The van der Waals surface area contributed by atoms with Crippen LogP contribution >= 0.6 is 0 Å². The van der Waals surface area contributed by atoms with E-state index < -0.39 is 0 Å². The van der Waals surface area contributed by atoms with Crippen molar-refractivity contribution >= 4 is 11.4 Å². The van der Waals surface area contributed by atoms with Gasteiger partial charge in [-0.25, -0.2) is 4.98 Å². The predicted molar refractivity (Wildman–Crippen MR) is 82.6 cm³/mol. The Kier molecular flexibility index (Phi) is 2.66. The molecule has 0 amide bonds. The molecule has 0 spiro atoms. The van der Waals surface area contributed by atoms with Gasteiger partial charge in [-0.15, -0.1) is 0 Å². The summed E-state index contributed by atoms with van der Waals surface area (Å²) in [4.78, 5) is 4.40. The van der Waals surface area contributed by atoms with Gasteiger partial charge in [0.25, 0.3) is 0 Å². The van der Waals surface area contributed by atoms with Gasteiger partial charge in [0, 0.05) is 24.2 Å². The van der Waals surface area contributed by atoms with Gasteiger partial charge in [-0.2, -0.15) is 0 Å². The summed E-state index contributed by atoms with van der Waals surface area (Å²) < 4.78 is 0. The minimum atomic E-state index is 0.469. The Hall–Kier alpha value is -2.35. The Morgan fingerprint density at radius 3 is 2.85 bits per heavy atom. The van der Waals surface area contributed by atoms with E-state index in [-0.39, 0.29) is 0 Å². The van der Waals surface area contributed by atoms with Crippen LogP contribution in [0, 0.1) is 0 Å². The van der Waals surface area contributed by atoms with Crippen LogP contribution in [0.4, 0.5) is 5.82 Å². The zero-order chi connectivity index (χ0) is 13.4. The maximum atomic E-state index is 4.40. The minimum Gasteiger partial charge on any atom is -0.369 e. The molecule has 0 saturated heterocycles. The number of hydrogen-bond acceptors (Lipinski definition) is 2. The molecular formula is C18H16N2. The van der Waals surface area contributed by atoms with E-state index in [4.69, 9.17) is 0 Å². The molecule has 2 nitrogen and oxygen atoms in total. The van der Waals surface area contributed by atoms with Gasteiger partial charge in [0.2, 0.25) is 0 Å². The fraction of sp³-hybridized carbons (Fsp3) is 0.167. The molecule has 2 heteroatoms. The third-order valence-corrected chi connectivity index (χ3v) is 4.14. The molecule has 2 aliphatic rings. The van der Waals surface area contributed by atoms with E-state index in [1.54, 1.807) is 0 Å². The standard InChI is InChI=1S/C18H16N2/c1-2-5-13(6-3-1)14-8-9-15(11-14)17-12-20-18-16(17)7-4-10-19-18/h1-8,10-11,17H,9,12H2,(H,19,20). The second kappa shape index (κ2) is 4.64. The highest BCUT2D eigenvalue weighted by Gasteiger charge is 2.27. The summed E-state index contributed by atoms with van der Waals surface area (Å²) in [5, 5.41) is 3.41. The molecule has 0 saturated carbocycles. The number of hydrogen-bond donors (Lipinski definition) is 1. The first kappa shape index (κ1) is 11.5. The highest BCUT2D eigenvalue weighted by atomic mass is 15.0. The van der Waals surface area contributed by atoms with Gasteiger partial charge in [-0.1, -0.05) is 54.1 Å². The maximum absolute atomic E-state index is 4.40. The van der Waals surface area contributed by atoms with Crippen LogP contribution in [0.2, 0.25) is 0 Å². The smallest absolute Gasteiger partial charge is 0.129 e. The molecule has 0 radical (unpaired) electrons. The molecule has 1 N–H and O–H groups in total. The fourth-order valence-electron chi connectivity index (χ4n) is 3.11. The number of aromatic nitrogens is 1. The normalized spacial score (nSPS) is 20.1. The highest BCUT2D eigenvalue weighted by molar-refractivity contribution is 5.78. The Morgan fingerprint density at radius 2 is 1.95 bits per heavy atom. The molecule has 98 valence electrons. The maximum Gasteiger partial charge on any atom is 0.129 e. The number of fused-ring (bicyclic) bond motifs is 1. The zero-order valence-electron chi connectivity index (χ0n) is 11.2. The number of benzene rings is 1. The minimum absolute atomic E-state index is 0.469. The molecular weight excluding hydrogens is 244 g/mol. The van der Waals surface area contributed by atoms with Crippen LogP contribution in [0.3, 0.4) is 0 Å². The summed E-state index contributed by atoms with van der Waals surface area (Å²) in [5.74, 6) is 1.52. The van der Waals surface area contributed by atoms with Crippen molar-refractivity contribution in [1.82, 2.24) is 4.98 Å². The van der Waals surface area contributed by atoms with Crippen molar-refractivity contribution in [3.63, 3.8) is 0 Å². The summed E-state index contributed by atoms with van der Waals surface area (Å²) in [6, 6.07) is 14.8. The van der Waals surface area contributed by atoms with Gasteiger partial charge >= 0.3 is 0 Å². The third kappa shape index (κ3) is 1.85. The van der Waals surface area contributed by atoms with Gasteiger partial charge in [0.05, 0.1) is 0 Å². The van der Waals surface area contributed by atoms with Crippen molar-refractivity contribution in [3.05, 3.63) is 77.5 Å². The average molecular weight is 260 g/mol. The van der Waals surface area contributed by atoms with Gasteiger partial charge in [-0.05, 0) is 23.6 Å². The Labute approximate surface area is 118 Å². The lowest BCUT2D eigenvalue weighted by Crippen LogP contribution is -2.03. The van der Waals surface area contributed by atoms with Crippen molar-refractivity contribution < 1.29 is 0 Å². The van der Waals surface area contributed by atoms with Crippen LogP contribution < -0.4 is 5.32 Å². The van der Waals surface area contributed by atoms with Crippen molar-refractivity contribution in [2.45, 2.75) is 12.3 Å². The van der Waals surface area contributed by atoms with Crippen LogP contribution in [0.5, 0.6) is 0 Å². The van der Waals surface area contributed by atoms with E-state index >= 15 is 0 Å². The first-order chi connectivity index (χ1) is 9.92. The largest absolute Gasteiger partial charge is 0.369 e. The molecule has 1 atom stereocenters. The molecule has 1 aromatic heterocycles. The second-order valence-corrected chi connectivity index (χ2v) is 5.32. The summed E-state index contributed by atoms with van der Waals surface area (Å²) in [6.07, 6.45) is 7.58. The number of anilines is 1. The first-order valence-corrected chi connectivity index (χ1v) is 7.06. The molecule has 2 aromatic rings. The van der Waals surface area contributed by atoms with Crippen molar-refractivity contribution in [2.24, 2.45) is 0 Å². The summed E-state index contributed by atoms with van der Waals surface area (Å²) in [7, 11) is 0. The van der Waals surface area contributed by atoms with Crippen LogP contribution in [-0.2, 0) is 0 Å². The van der Waals surface area contributed by atoms with Crippen molar-refractivity contribution in [1.29, 1.82) is 0 Å². The number of rotatable bonds is 2. The molecule has 2 heterocycles. The summed E-state index contributed by atoms with van der Waals surface area (Å²) in [6.45, 7) is 0.966. The highest BCUT2D eigenvalue weighted by Crippen LogP contribution is 2.40. The molecule has 1 aromatic carbocycles.